The molecule has 0 radical (unpaired) electrons. The van der Waals surface area contributed by atoms with E-state index in [0.29, 0.717) is 22.7 Å². The number of hydrogen-bond donors (Lipinski definition) is 2. The maximum absolute atomic E-state index is 12.4. The molecule has 0 aliphatic heterocycles. The van der Waals surface area contributed by atoms with Crippen molar-refractivity contribution in [1.82, 2.24) is 0 Å². The van der Waals surface area contributed by atoms with Gasteiger partial charge in [-0.1, -0.05) is 12.1 Å². The van der Waals surface area contributed by atoms with Crippen molar-refractivity contribution >= 4 is 74.4 Å². The van der Waals surface area contributed by atoms with E-state index >= 15 is 0 Å². The molecule has 0 heterocycles. The van der Waals surface area contributed by atoms with E-state index in [0.717, 1.165) is 7.14 Å². The number of nitrogens with one attached hydrogen (secondary N) is 2. The van der Waals surface area contributed by atoms with E-state index in [1.54, 1.807) is 36.4 Å². The van der Waals surface area contributed by atoms with Crippen LogP contribution in [0.25, 0.3) is 6.08 Å². The van der Waals surface area contributed by atoms with Crippen LogP contribution in [0.4, 0.5) is 11.4 Å². The molecule has 8 heteroatoms. The van der Waals surface area contributed by atoms with Crippen molar-refractivity contribution in [3.8, 4) is 11.8 Å². The molecule has 0 unspecified atom stereocenters. The highest BCUT2D eigenvalue weighted by molar-refractivity contribution is 14.1. The summed E-state index contributed by atoms with van der Waals surface area (Å²) in [6.45, 7) is -0.136. The summed E-state index contributed by atoms with van der Waals surface area (Å²) in [5.41, 5.74) is 1.96. The molecule has 0 aliphatic rings. The van der Waals surface area contributed by atoms with Gasteiger partial charge in [0.1, 0.15) is 17.4 Å². The third-order valence-electron chi connectivity index (χ3n) is 4.16. The summed E-state index contributed by atoms with van der Waals surface area (Å²) in [4.78, 5) is 24.4. The van der Waals surface area contributed by atoms with Crippen LogP contribution in [0.2, 0.25) is 0 Å². The minimum absolute atomic E-state index is 0.0193. The number of carbonyl (C=O) groups excluding carboxylic acids is 2. The Morgan fingerprint density at radius 2 is 1.38 bits per heavy atom. The van der Waals surface area contributed by atoms with Gasteiger partial charge in [0, 0.05) is 18.5 Å². The number of carbonyl (C=O) groups is 2. The van der Waals surface area contributed by atoms with Crippen LogP contribution in [0.15, 0.2) is 78.4 Å². The van der Waals surface area contributed by atoms with Crippen molar-refractivity contribution < 1.29 is 14.3 Å². The molecule has 3 aromatic rings. The molecule has 0 aromatic heterocycles. The second-order valence-corrected chi connectivity index (χ2v) is 9.03. The lowest BCUT2D eigenvalue weighted by atomic mass is 10.1. The number of hydrogen-bond acceptors (Lipinski definition) is 4. The number of benzene rings is 3. The van der Waals surface area contributed by atoms with Gasteiger partial charge < -0.3 is 15.4 Å². The Bertz CT molecular complexity index is 1170. The Morgan fingerprint density at radius 3 is 1.91 bits per heavy atom. The predicted molar refractivity (Wildman–Crippen MR) is 141 cm³/mol. The van der Waals surface area contributed by atoms with Crippen molar-refractivity contribution in [3.05, 3.63) is 91.1 Å². The zero-order valence-corrected chi connectivity index (χ0v) is 21.0. The van der Waals surface area contributed by atoms with Crippen LogP contribution >= 0.6 is 45.2 Å². The highest BCUT2D eigenvalue weighted by Crippen LogP contribution is 2.17. The normalized spacial score (nSPS) is 10.7. The Balaban J connectivity index is 1.56. The lowest BCUT2D eigenvalue weighted by Crippen LogP contribution is -2.20. The molecule has 2 amide bonds. The number of nitriles is 1. The zero-order chi connectivity index (χ0) is 22.9. The first-order valence-corrected chi connectivity index (χ1v) is 11.6. The van der Waals surface area contributed by atoms with E-state index in [1.807, 2.05) is 42.5 Å². The summed E-state index contributed by atoms with van der Waals surface area (Å²) in [6.07, 6.45) is 1.50. The molecular formula is C24H17I2N3O3. The molecule has 32 heavy (non-hydrogen) atoms. The Kier molecular flexibility index (Phi) is 8.64. The molecule has 160 valence electrons. The van der Waals surface area contributed by atoms with E-state index in [-0.39, 0.29) is 18.1 Å². The van der Waals surface area contributed by atoms with Gasteiger partial charge in [0.25, 0.3) is 11.8 Å². The first-order chi connectivity index (χ1) is 15.4. The zero-order valence-electron chi connectivity index (χ0n) is 16.6. The minimum Gasteiger partial charge on any atom is -0.484 e. The van der Waals surface area contributed by atoms with Crippen LogP contribution in [0.1, 0.15) is 5.56 Å². The summed E-state index contributed by atoms with van der Waals surface area (Å²) >= 11 is 4.37. The fraction of sp³-hybridized carbons (Fsp3) is 0.0417. The molecule has 0 atom stereocenters. The molecule has 0 aliphatic carbocycles. The summed E-state index contributed by atoms with van der Waals surface area (Å²) < 4.78 is 7.64. The largest absolute Gasteiger partial charge is 0.484 e. The number of rotatable bonds is 7. The number of ether oxygens (including phenoxy) is 1. The Hall–Kier alpha value is -2.91. The molecule has 3 aromatic carbocycles. The molecule has 6 nitrogen and oxygen atoms in total. The fourth-order valence-electron chi connectivity index (χ4n) is 2.59. The van der Waals surface area contributed by atoms with Gasteiger partial charge in [-0.2, -0.15) is 5.26 Å². The van der Waals surface area contributed by atoms with Gasteiger partial charge in [-0.3, -0.25) is 9.59 Å². The van der Waals surface area contributed by atoms with Crippen molar-refractivity contribution in [2.24, 2.45) is 0 Å². The summed E-state index contributed by atoms with van der Waals surface area (Å²) in [7, 11) is 0. The van der Waals surface area contributed by atoms with E-state index in [4.69, 9.17) is 4.74 Å². The molecule has 0 saturated carbocycles. The minimum atomic E-state index is -0.485. The van der Waals surface area contributed by atoms with E-state index in [2.05, 4.69) is 55.8 Å². The quantitative estimate of drug-likeness (QED) is 0.202. The molecule has 3 rings (SSSR count). The van der Waals surface area contributed by atoms with Gasteiger partial charge in [-0.25, -0.2) is 0 Å². The average molecular weight is 649 g/mol. The fourth-order valence-corrected chi connectivity index (χ4v) is 3.31. The maximum Gasteiger partial charge on any atom is 0.266 e. The smallest absolute Gasteiger partial charge is 0.266 e. The maximum atomic E-state index is 12.4. The number of halogens is 2. The lowest BCUT2D eigenvalue weighted by Gasteiger charge is -2.08. The molecule has 0 spiro atoms. The van der Waals surface area contributed by atoms with Crippen molar-refractivity contribution in [3.63, 3.8) is 0 Å². The third kappa shape index (κ3) is 7.35. The van der Waals surface area contributed by atoms with Crippen LogP contribution in [0, 0.1) is 18.5 Å². The van der Waals surface area contributed by atoms with Crippen LogP contribution < -0.4 is 15.4 Å². The van der Waals surface area contributed by atoms with Crippen LogP contribution in [0.5, 0.6) is 5.75 Å². The van der Waals surface area contributed by atoms with Crippen LogP contribution in [-0.2, 0) is 9.59 Å². The Labute approximate surface area is 212 Å². The lowest BCUT2D eigenvalue weighted by molar-refractivity contribution is -0.118. The standard InChI is InChI=1S/C24H17I2N3O3/c25-18-3-7-20(8-4-18)28-23(30)15-32-22-11-1-16(2-12-22)13-17(14-27)24(31)29-21-9-5-19(26)6-10-21/h1-13H,15H2,(H,28,30)(H,29,31)/b17-13-. The van der Waals surface area contributed by atoms with Gasteiger partial charge in [0.05, 0.1) is 0 Å². The van der Waals surface area contributed by atoms with Crippen molar-refractivity contribution in [2.45, 2.75) is 0 Å². The first-order valence-electron chi connectivity index (χ1n) is 9.40. The predicted octanol–water partition coefficient (Wildman–Crippen LogP) is 5.46. The van der Waals surface area contributed by atoms with Gasteiger partial charge in [0.2, 0.25) is 0 Å². The SMILES string of the molecule is N#C/C(=C/c1ccc(OCC(=O)Nc2ccc(I)cc2)cc1)C(=O)Nc1ccc(I)cc1. The molecular weight excluding hydrogens is 632 g/mol. The van der Waals surface area contributed by atoms with Crippen LogP contribution in [-0.4, -0.2) is 18.4 Å². The van der Waals surface area contributed by atoms with Gasteiger partial charge in [0.15, 0.2) is 6.61 Å². The van der Waals surface area contributed by atoms with Gasteiger partial charge in [-0.15, -0.1) is 0 Å². The second kappa shape index (κ2) is 11.6. The van der Waals surface area contributed by atoms with Gasteiger partial charge in [-0.05, 0) is 117 Å². The van der Waals surface area contributed by atoms with E-state index in [9.17, 15) is 14.9 Å². The molecule has 0 bridgehead atoms. The highest BCUT2D eigenvalue weighted by Gasteiger charge is 2.10. The Morgan fingerprint density at radius 1 is 0.844 bits per heavy atom. The molecule has 2 N–H and O–H groups in total. The third-order valence-corrected chi connectivity index (χ3v) is 5.59. The van der Waals surface area contributed by atoms with Crippen LogP contribution in [0.3, 0.4) is 0 Å². The molecule has 0 saturated heterocycles. The molecule has 0 fully saturated rings. The summed E-state index contributed by atoms with van der Waals surface area (Å²) in [5.74, 6) is -0.253. The average Bonchev–Trinajstić information content (AvgIpc) is 2.80. The van der Waals surface area contributed by atoms with Gasteiger partial charge >= 0.3 is 0 Å². The topological polar surface area (TPSA) is 91.2 Å². The number of amides is 2. The van der Waals surface area contributed by atoms with E-state index < -0.39 is 5.91 Å². The first kappa shape index (κ1) is 23.7. The number of nitrogens with zero attached hydrogens (tertiary/aromatic N) is 1. The van der Waals surface area contributed by atoms with Crippen molar-refractivity contribution in [1.29, 1.82) is 5.26 Å². The number of anilines is 2. The van der Waals surface area contributed by atoms with Crippen molar-refractivity contribution in [2.75, 3.05) is 17.2 Å². The highest BCUT2D eigenvalue weighted by atomic mass is 127. The summed E-state index contributed by atoms with van der Waals surface area (Å²) in [5, 5.41) is 14.8. The summed E-state index contributed by atoms with van der Waals surface area (Å²) in [6, 6.07) is 23.4. The van der Waals surface area contributed by atoms with E-state index in [1.165, 1.54) is 6.08 Å². The monoisotopic (exact) mass is 649 g/mol. The second-order valence-electron chi connectivity index (χ2n) is 6.54.